The molecule has 100 valence electrons. The third-order valence-corrected chi connectivity index (χ3v) is 3.37. The van der Waals surface area contributed by atoms with Gasteiger partial charge in [0.05, 0.1) is 23.1 Å². The lowest BCUT2D eigenvalue weighted by Crippen LogP contribution is -2.33. The smallest absolute Gasteiger partial charge is 0.241 e. The first-order valence-electron chi connectivity index (χ1n) is 5.87. The number of hydrogen-bond donors (Lipinski definition) is 2. The van der Waals surface area contributed by atoms with Gasteiger partial charge in [0.25, 0.3) is 0 Å². The van der Waals surface area contributed by atoms with Crippen molar-refractivity contribution in [3.63, 3.8) is 0 Å². The number of nitrogens with two attached hydrogens (primary N) is 1. The van der Waals surface area contributed by atoms with Crippen molar-refractivity contribution in [3.8, 4) is 0 Å². The van der Waals surface area contributed by atoms with Crippen LogP contribution in [-0.4, -0.2) is 15.7 Å². The van der Waals surface area contributed by atoms with Gasteiger partial charge in [-0.3, -0.25) is 14.9 Å². The number of hydrazine groups is 1. The van der Waals surface area contributed by atoms with Gasteiger partial charge in [-0.25, -0.2) is 5.84 Å². The van der Waals surface area contributed by atoms with Gasteiger partial charge in [-0.1, -0.05) is 24.3 Å². The van der Waals surface area contributed by atoms with Gasteiger partial charge in [-0.2, -0.15) is 5.10 Å². The van der Waals surface area contributed by atoms with E-state index in [1.54, 1.807) is 6.20 Å². The van der Waals surface area contributed by atoms with Crippen LogP contribution in [0.4, 0.5) is 0 Å². The van der Waals surface area contributed by atoms with Crippen LogP contribution in [-0.2, 0) is 11.3 Å². The first-order chi connectivity index (χ1) is 9.10. The molecule has 0 aliphatic carbocycles. The Morgan fingerprint density at radius 1 is 1.47 bits per heavy atom. The average Bonchev–Trinajstić information content (AvgIpc) is 2.83. The van der Waals surface area contributed by atoms with Crippen LogP contribution in [0.2, 0.25) is 0 Å². The van der Waals surface area contributed by atoms with Gasteiger partial charge in [0, 0.05) is 6.20 Å². The van der Waals surface area contributed by atoms with Gasteiger partial charge in [-0.05, 0) is 34.0 Å². The predicted octanol–water partition coefficient (Wildman–Crippen LogP) is 1.79. The van der Waals surface area contributed by atoms with Gasteiger partial charge >= 0.3 is 0 Å². The minimum Gasteiger partial charge on any atom is -0.294 e. The maximum atomic E-state index is 11.4. The summed E-state index contributed by atoms with van der Waals surface area (Å²) in [6.07, 6.45) is 3.67. The fraction of sp³-hybridized carbons (Fsp3) is 0.231. The fourth-order valence-electron chi connectivity index (χ4n) is 1.80. The molecule has 0 saturated carbocycles. The Morgan fingerprint density at radius 3 is 2.68 bits per heavy atom. The van der Waals surface area contributed by atoms with Crippen LogP contribution in [0.3, 0.4) is 0 Å². The van der Waals surface area contributed by atoms with E-state index in [1.165, 1.54) is 0 Å². The molecule has 3 N–H and O–H groups in total. The quantitative estimate of drug-likeness (QED) is 0.512. The topological polar surface area (TPSA) is 72.9 Å². The molecule has 0 fully saturated rings. The van der Waals surface area contributed by atoms with Crippen molar-refractivity contribution in [3.05, 3.63) is 52.3 Å². The molecule has 0 radical (unpaired) electrons. The first-order valence-corrected chi connectivity index (χ1v) is 6.66. The van der Waals surface area contributed by atoms with E-state index in [0.29, 0.717) is 6.54 Å². The highest BCUT2D eigenvalue weighted by Gasteiger charge is 2.13. The third-order valence-electron chi connectivity index (χ3n) is 2.96. The zero-order valence-corrected chi connectivity index (χ0v) is 12.1. The summed E-state index contributed by atoms with van der Waals surface area (Å²) in [7, 11) is 0. The third kappa shape index (κ3) is 3.42. The van der Waals surface area contributed by atoms with E-state index in [0.717, 1.165) is 15.6 Å². The van der Waals surface area contributed by atoms with Crippen molar-refractivity contribution >= 4 is 21.8 Å². The number of hydrogen-bond acceptors (Lipinski definition) is 3. The molecular formula is C13H15BrN4O. The number of benzene rings is 1. The number of nitrogens with zero attached hydrogens (tertiary/aromatic N) is 2. The number of carbonyl (C=O) groups is 1. The molecule has 0 saturated heterocycles. The normalized spacial score (nSPS) is 12.2. The van der Waals surface area contributed by atoms with Crippen molar-refractivity contribution < 1.29 is 4.79 Å². The van der Waals surface area contributed by atoms with Crippen LogP contribution >= 0.6 is 15.9 Å². The number of carbonyl (C=O) groups excluding carboxylic acids is 1. The molecule has 2 aromatic rings. The molecule has 0 aliphatic rings. The molecule has 1 aromatic heterocycles. The highest BCUT2D eigenvalue weighted by molar-refractivity contribution is 9.10. The second kappa shape index (κ2) is 5.99. The fourth-order valence-corrected chi connectivity index (χ4v) is 2.13. The van der Waals surface area contributed by atoms with Gasteiger partial charge in [0.2, 0.25) is 5.91 Å². The number of nitrogens with one attached hydrogen (secondary N) is 1. The molecule has 1 unspecified atom stereocenters. The summed E-state index contributed by atoms with van der Waals surface area (Å²) < 4.78 is 2.80. The van der Waals surface area contributed by atoms with Crippen LogP contribution in [0, 0.1) is 0 Å². The standard InChI is InChI=1S/C13H15BrN4O/c1-9(13(19)17-15)11-4-2-10(3-5-11)7-18-8-12(14)6-16-18/h2-6,8-9H,7,15H2,1H3,(H,17,19). The second-order valence-electron chi connectivity index (χ2n) is 4.33. The molecule has 0 aliphatic heterocycles. The lowest BCUT2D eigenvalue weighted by atomic mass is 9.99. The van der Waals surface area contributed by atoms with Crippen LogP contribution in [0.25, 0.3) is 0 Å². The van der Waals surface area contributed by atoms with E-state index in [1.807, 2.05) is 42.1 Å². The molecule has 0 spiro atoms. The molecule has 1 amide bonds. The Balaban J connectivity index is 2.08. The Labute approximate surface area is 119 Å². The molecule has 1 aromatic carbocycles. The maximum Gasteiger partial charge on any atom is 0.241 e. The van der Waals surface area contributed by atoms with Crippen LogP contribution in [0.15, 0.2) is 41.1 Å². The Kier molecular flexibility index (Phi) is 4.34. The molecule has 1 atom stereocenters. The Hall–Kier alpha value is -1.66. The lowest BCUT2D eigenvalue weighted by Gasteiger charge is -2.10. The molecule has 0 bridgehead atoms. The van der Waals surface area contributed by atoms with Gasteiger partial charge < -0.3 is 0 Å². The summed E-state index contributed by atoms with van der Waals surface area (Å²) in [5.41, 5.74) is 4.23. The minimum absolute atomic E-state index is 0.191. The summed E-state index contributed by atoms with van der Waals surface area (Å²) in [4.78, 5) is 11.4. The van der Waals surface area contributed by atoms with E-state index in [9.17, 15) is 4.79 Å². The van der Waals surface area contributed by atoms with Crippen molar-refractivity contribution in [1.82, 2.24) is 15.2 Å². The van der Waals surface area contributed by atoms with E-state index in [4.69, 9.17) is 5.84 Å². The monoisotopic (exact) mass is 322 g/mol. The van der Waals surface area contributed by atoms with E-state index in [-0.39, 0.29) is 11.8 Å². The number of halogens is 1. The summed E-state index contributed by atoms with van der Waals surface area (Å²) in [5.74, 6) is 4.69. The van der Waals surface area contributed by atoms with Crippen molar-refractivity contribution in [1.29, 1.82) is 0 Å². The number of rotatable bonds is 4. The molecular weight excluding hydrogens is 308 g/mol. The number of aromatic nitrogens is 2. The molecule has 2 rings (SSSR count). The van der Waals surface area contributed by atoms with Gasteiger partial charge in [-0.15, -0.1) is 0 Å². The van der Waals surface area contributed by atoms with Gasteiger partial charge in [0.15, 0.2) is 0 Å². The average molecular weight is 323 g/mol. The van der Waals surface area contributed by atoms with Crippen molar-refractivity contribution in [2.24, 2.45) is 5.84 Å². The Bertz CT molecular complexity index is 564. The van der Waals surface area contributed by atoms with E-state index in [2.05, 4.69) is 26.5 Å². The maximum absolute atomic E-state index is 11.4. The summed E-state index contributed by atoms with van der Waals surface area (Å²) in [6, 6.07) is 7.86. The van der Waals surface area contributed by atoms with E-state index < -0.39 is 0 Å². The lowest BCUT2D eigenvalue weighted by molar-refractivity contribution is -0.122. The molecule has 6 heteroatoms. The Morgan fingerprint density at radius 2 is 2.16 bits per heavy atom. The first kappa shape index (κ1) is 13.8. The summed E-state index contributed by atoms with van der Waals surface area (Å²) in [6.45, 7) is 2.52. The van der Waals surface area contributed by atoms with Crippen molar-refractivity contribution in [2.45, 2.75) is 19.4 Å². The second-order valence-corrected chi connectivity index (χ2v) is 5.24. The molecule has 1 heterocycles. The molecule has 5 nitrogen and oxygen atoms in total. The minimum atomic E-state index is -0.252. The summed E-state index contributed by atoms with van der Waals surface area (Å²) in [5, 5.41) is 4.20. The van der Waals surface area contributed by atoms with Crippen LogP contribution < -0.4 is 11.3 Å². The van der Waals surface area contributed by atoms with Crippen LogP contribution in [0.1, 0.15) is 24.0 Å². The SMILES string of the molecule is CC(C(=O)NN)c1ccc(Cn2cc(Br)cn2)cc1. The largest absolute Gasteiger partial charge is 0.294 e. The zero-order chi connectivity index (χ0) is 13.8. The van der Waals surface area contributed by atoms with Crippen molar-refractivity contribution in [2.75, 3.05) is 0 Å². The number of amides is 1. The highest BCUT2D eigenvalue weighted by atomic mass is 79.9. The van der Waals surface area contributed by atoms with E-state index >= 15 is 0 Å². The van der Waals surface area contributed by atoms with Gasteiger partial charge in [0.1, 0.15) is 0 Å². The van der Waals surface area contributed by atoms with Crippen LogP contribution in [0.5, 0.6) is 0 Å². The summed E-state index contributed by atoms with van der Waals surface area (Å²) >= 11 is 3.36. The molecule has 19 heavy (non-hydrogen) atoms. The zero-order valence-electron chi connectivity index (χ0n) is 10.5. The highest BCUT2D eigenvalue weighted by Crippen LogP contribution is 2.16. The predicted molar refractivity (Wildman–Crippen MR) is 76.2 cm³/mol.